The molecule has 2 amide bonds. The molecular formula is C25H26ClN5O5S. The highest BCUT2D eigenvalue weighted by Gasteiger charge is 2.40. The smallest absolute Gasteiger partial charge is 0.325 e. The molecule has 0 spiro atoms. The zero-order chi connectivity index (χ0) is 25.8. The Bertz CT molecular complexity index is 1340. The highest BCUT2D eigenvalue weighted by molar-refractivity contribution is 7.89. The standard InChI is InChI=1S/C25H26ClN5O5S/c26-20-6-8-21(9-7-20)31-23(19-3-1-4-22(17-19)36-24-5-2-10-27-28-24)18-29(25(31)32)13-16-37(33,34)30-11-14-35-15-12-30/h1-10,17,23H,11-16,18H2. The zero-order valence-electron chi connectivity index (χ0n) is 19.9. The van der Waals surface area contributed by atoms with Crippen LogP contribution in [0.4, 0.5) is 10.5 Å². The molecule has 0 bridgehead atoms. The van der Waals surface area contributed by atoms with Crippen LogP contribution in [-0.2, 0) is 14.8 Å². The second-order valence-corrected chi connectivity index (χ2v) is 11.2. The number of ether oxygens (including phenoxy) is 2. The van der Waals surface area contributed by atoms with Crippen molar-refractivity contribution in [3.8, 4) is 11.6 Å². The maximum Gasteiger partial charge on any atom is 0.325 e. The molecule has 2 aromatic carbocycles. The van der Waals surface area contributed by atoms with E-state index in [0.717, 1.165) is 5.56 Å². The third kappa shape index (κ3) is 5.85. The first-order chi connectivity index (χ1) is 17.9. The van der Waals surface area contributed by atoms with E-state index in [1.165, 1.54) is 4.31 Å². The van der Waals surface area contributed by atoms with Crippen LogP contribution in [0.2, 0.25) is 5.02 Å². The Labute approximate surface area is 220 Å². The van der Waals surface area contributed by atoms with Gasteiger partial charge < -0.3 is 14.4 Å². The van der Waals surface area contributed by atoms with Gasteiger partial charge in [0.2, 0.25) is 15.9 Å². The van der Waals surface area contributed by atoms with Gasteiger partial charge in [0, 0.05) is 49.2 Å². The highest BCUT2D eigenvalue weighted by Crippen LogP contribution is 2.36. The molecule has 2 aliphatic rings. The number of nitrogens with zero attached hydrogens (tertiary/aromatic N) is 5. The number of rotatable bonds is 8. The van der Waals surface area contributed by atoms with Crippen LogP contribution < -0.4 is 9.64 Å². The number of hydrogen-bond acceptors (Lipinski definition) is 7. The first-order valence-electron chi connectivity index (χ1n) is 11.9. The molecule has 0 aliphatic carbocycles. The number of halogens is 1. The summed E-state index contributed by atoms with van der Waals surface area (Å²) in [5, 5.41) is 8.34. The van der Waals surface area contributed by atoms with Gasteiger partial charge >= 0.3 is 6.03 Å². The van der Waals surface area contributed by atoms with Crippen LogP contribution >= 0.6 is 11.6 Å². The lowest BCUT2D eigenvalue weighted by Gasteiger charge is -2.27. The van der Waals surface area contributed by atoms with Crippen LogP contribution in [0.3, 0.4) is 0 Å². The maximum atomic E-state index is 13.6. The lowest BCUT2D eigenvalue weighted by atomic mass is 10.1. The number of urea groups is 1. The molecule has 0 radical (unpaired) electrons. The number of carbonyl (C=O) groups is 1. The molecule has 1 atom stereocenters. The molecule has 37 heavy (non-hydrogen) atoms. The average molecular weight is 544 g/mol. The summed E-state index contributed by atoms with van der Waals surface area (Å²) in [5.41, 5.74) is 1.50. The van der Waals surface area contributed by atoms with Crippen molar-refractivity contribution < 1.29 is 22.7 Å². The lowest BCUT2D eigenvalue weighted by Crippen LogP contribution is -2.44. The van der Waals surface area contributed by atoms with Crippen molar-refractivity contribution in [1.82, 2.24) is 19.4 Å². The van der Waals surface area contributed by atoms with Crippen molar-refractivity contribution >= 4 is 33.3 Å². The number of sulfonamides is 1. The van der Waals surface area contributed by atoms with Crippen LogP contribution in [0.25, 0.3) is 0 Å². The van der Waals surface area contributed by atoms with Crippen molar-refractivity contribution in [1.29, 1.82) is 0 Å². The molecule has 0 saturated carbocycles. The molecule has 10 nitrogen and oxygen atoms in total. The van der Waals surface area contributed by atoms with E-state index in [-0.39, 0.29) is 24.4 Å². The Morgan fingerprint density at radius 2 is 1.84 bits per heavy atom. The number of anilines is 1. The van der Waals surface area contributed by atoms with Gasteiger partial charge in [0.05, 0.1) is 25.0 Å². The summed E-state index contributed by atoms with van der Waals surface area (Å²) in [4.78, 5) is 16.8. The van der Waals surface area contributed by atoms with Crippen molar-refractivity contribution in [2.75, 3.05) is 50.0 Å². The largest absolute Gasteiger partial charge is 0.438 e. The molecule has 2 aliphatic heterocycles. The van der Waals surface area contributed by atoms with Gasteiger partial charge in [0.1, 0.15) is 5.75 Å². The summed E-state index contributed by atoms with van der Waals surface area (Å²) in [7, 11) is -3.51. The number of amides is 2. The van der Waals surface area contributed by atoms with Gasteiger partial charge in [-0.3, -0.25) is 4.90 Å². The first kappa shape index (κ1) is 25.4. The minimum absolute atomic E-state index is 0.0783. The number of morpholine rings is 1. The summed E-state index contributed by atoms with van der Waals surface area (Å²) >= 11 is 6.09. The predicted octanol–water partition coefficient (Wildman–Crippen LogP) is 3.57. The SMILES string of the molecule is O=C1N(CCS(=O)(=O)N2CCOCC2)CC(c2cccc(Oc3cccnn3)c2)N1c1ccc(Cl)cc1. The third-order valence-electron chi connectivity index (χ3n) is 6.28. The molecule has 3 heterocycles. The fourth-order valence-electron chi connectivity index (χ4n) is 4.41. The Morgan fingerprint density at radius 1 is 1.05 bits per heavy atom. The quantitative estimate of drug-likeness (QED) is 0.427. The van der Waals surface area contributed by atoms with Gasteiger partial charge in [0.25, 0.3) is 0 Å². The van der Waals surface area contributed by atoms with Crippen molar-refractivity contribution in [3.63, 3.8) is 0 Å². The average Bonchev–Trinajstić information content (AvgIpc) is 3.25. The van der Waals surface area contributed by atoms with E-state index >= 15 is 0 Å². The van der Waals surface area contributed by atoms with E-state index in [1.54, 1.807) is 58.5 Å². The molecule has 2 saturated heterocycles. The van der Waals surface area contributed by atoms with Gasteiger partial charge in [-0.2, -0.15) is 9.40 Å². The van der Waals surface area contributed by atoms with Gasteiger partial charge in [-0.05, 0) is 48.0 Å². The van der Waals surface area contributed by atoms with Crippen LogP contribution in [0.5, 0.6) is 11.6 Å². The third-order valence-corrected chi connectivity index (χ3v) is 8.38. The summed E-state index contributed by atoms with van der Waals surface area (Å²) in [6.07, 6.45) is 1.56. The molecule has 5 rings (SSSR count). The predicted molar refractivity (Wildman–Crippen MR) is 138 cm³/mol. The fraction of sp³-hybridized carbons (Fsp3) is 0.320. The molecular weight excluding hydrogens is 518 g/mol. The Hall–Kier alpha value is -3.25. The van der Waals surface area contributed by atoms with Gasteiger partial charge in [0.15, 0.2) is 0 Å². The monoisotopic (exact) mass is 543 g/mol. The van der Waals surface area contributed by atoms with Crippen molar-refractivity contribution in [2.24, 2.45) is 0 Å². The van der Waals surface area contributed by atoms with Crippen LogP contribution in [-0.4, -0.2) is 79.0 Å². The Morgan fingerprint density at radius 3 is 2.57 bits per heavy atom. The molecule has 2 fully saturated rings. The van der Waals surface area contributed by atoms with Crippen LogP contribution in [0.15, 0.2) is 66.9 Å². The van der Waals surface area contributed by atoms with Gasteiger partial charge in [-0.1, -0.05) is 23.7 Å². The number of benzene rings is 2. The van der Waals surface area contributed by atoms with E-state index in [0.29, 0.717) is 55.2 Å². The zero-order valence-corrected chi connectivity index (χ0v) is 21.5. The first-order valence-corrected chi connectivity index (χ1v) is 13.8. The Balaban J connectivity index is 1.39. The summed E-state index contributed by atoms with van der Waals surface area (Å²) < 4.78 is 38.3. The van der Waals surface area contributed by atoms with Crippen molar-refractivity contribution in [2.45, 2.75) is 6.04 Å². The van der Waals surface area contributed by atoms with Gasteiger partial charge in [-0.25, -0.2) is 13.2 Å². The van der Waals surface area contributed by atoms with E-state index in [2.05, 4.69) is 10.2 Å². The lowest BCUT2D eigenvalue weighted by molar-refractivity contribution is 0.0730. The minimum atomic E-state index is -3.51. The summed E-state index contributed by atoms with van der Waals surface area (Å²) in [5.74, 6) is 0.747. The highest BCUT2D eigenvalue weighted by atomic mass is 35.5. The molecule has 1 unspecified atom stereocenters. The molecule has 0 N–H and O–H groups in total. The second-order valence-electron chi connectivity index (χ2n) is 8.65. The van der Waals surface area contributed by atoms with E-state index in [9.17, 15) is 13.2 Å². The van der Waals surface area contributed by atoms with Gasteiger partial charge in [-0.15, -0.1) is 5.10 Å². The molecule has 3 aromatic rings. The minimum Gasteiger partial charge on any atom is -0.438 e. The van der Waals surface area contributed by atoms with E-state index < -0.39 is 10.0 Å². The number of aromatic nitrogens is 2. The summed E-state index contributed by atoms with van der Waals surface area (Å²) in [6.45, 7) is 1.80. The van der Waals surface area contributed by atoms with Crippen molar-refractivity contribution in [3.05, 3.63) is 77.4 Å². The normalized spacial score (nSPS) is 18.8. The molecule has 1 aromatic heterocycles. The van der Waals surface area contributed by atoms with E-state index in [4.69, 9.17) is 21.1 Å². The topological polar surface area (TPSA) is 105 Å². The molecule has 194 valence electrons. The Kier molecular flexibility index (Phi) is 7.56. The fourth-order valence-corrected chi connectivity index (χ4v) is 5.96. The second kappa shape index (κ2) is 11.0. The molecule has 12 heteroatoms. The number of carbonyl (C=O) groups excluding carboxylic acids is 1. The van der Waals surface area contributed by atoms with Crippen LogP contribution in [0, 0.1) is 0 Å². The summed E-state index contributed by atoms with van der Waals surface area (Å²) in [6, 6.07) is 17.2. The van der Waals surface area contributed by atoms with E-state index in [1.807, 2.05) is 18.2 Å². The van der Waals surface area contributed by atoms with Crippen LogP contribution in [0.1, 0.15) is 11.6 Å². The number of hydrogen-bond donors (Lipinski definition) is 0. The maximum absolute atomic E-state index is 13.6.